The van der Waals surface area contributed by atoms with Gasteiger partial charge in [-0.3, -0.25) is 20.0 Å². The molecule has 0 spiro atoms. The Balaban J connectivity index is 1.29. The summed E-state index contributed by atoms with van der Waals surface area (Å²) in [7, 11) is -0.957. The quantitative estimate of drug-likeness (QED) is 0.123. The third kappa shape index (κ3) is 9.33. The smallest absolute Gasteiger partial charge is 0.269 e. The van der Waals surface area contributed by atoms with E-state index in [0.29, 0.717) is 24.5 Å². The van der Waals surface area contributed by atoms with Crippen molar-refractivity contribution in [2.75, 3.05) is 31.8 Å². The second kappa shape index (κ2) is 16.5. The number of hydrogen-bond acceptors (Lipinski definition) is 5. The molecule has 45 heavy (non-hydrogen) atoms. The van der Waals surface area contributed by atoms with Crippen molar-refractivity contribution in [3.05, 3.63) is 126 Å². The van der Waals surface area contributed by atoms with Crippen LogP contribution in [0.5, 0.6) is 5.75 Å². The highest BCUT2D eigenvalue weighted by Gasteiger charge is 2.51. The number of benzene rings is 3. The first-order valence-electron chi connectivity index (χ1n) is 15.4. The van der Waals surface area contributed by atoms with Crippen LogP contribution in [0.15, 0.2) is 114 Å². The number of rotatable bonds is 13. The summed E-state index contributed by atoms with van der Waals surface area (Å²) in [5, 5.41) is 3.92. The van der Waals surface area contributed by atoms with Gasteiger partial charge in [0.1, 0.15) is 5.75 Å². The molecule has 0 heterocycles. The number of thioether (sulfide) groups is 1. The van der Waals surface area contributed by atoms with Crippen LogP contribution in [0.2, 0.25) is 5.04 Å². The van der Waals surface area contributed by atoms with Crippen LogP contribution in [0, 0.1) is 0 Å². The fourth-order valence-corrected chi connectivity index (χ4v) is 11.0. The van der Waals surface area contributed by atoms with Crippen LogP contribution in [-0.4, -0.2) is 56.9 Å². The molecule has 236 valence electrons. The van der Waals surface area contributed by atoms with Gasteiger partial charge in [-0.1, -0.05) is 112 Å². The molecule has 1 unspecified atom stereocenters. The second-order valence-electron chi connectivity index (χ2n) is 11.9. The van der Waals surface area contributed by atoms with Crippen LogP contribution >= 0.6 is 11.8 Å². The van der Waals surface area contributed by atoms with Gasteiger partial charge < -0.3 is 9.16 Å². The van der Waals surface area contributed by atoms with Crippen LogP contribution in [0.25, 0.3) is 6.08 Å². The average Bonchev–Trinajstić information content (AvgIpc) is 3.05. The summed E-state index contributed by atoms with van der Waals surface area (Å²) in [6, 6.07) is 27.6. The highest BCUT2D eigenvalue weighted by atomic mass is 32.2. The second-order valence-corrected chi connectivity index (χ2v) is 17.4. The van der Waals surface area contributed by atoms with E-state index in [1.807, 2.05) is 48.5 Å². The summed E-state index contributed by atoms with van der Waals surface area (Å²) >= 11 is 1.46. The van der Waals surface area contributed by atoms with Crippen molar-refractivity contribution >= 4 is 43.2 Å². The number of carbonyl (C=O) groups is 2. The Morgan fingerprint density at radius 2 is 1.67 bits per heavy atom. The molecular weight excluding hydrogens is 597 g/mol. The molecule has 1 aliphatic carbocycles. The van der Waals surface area contributed by atoms with Gasteiger partial charge in [0.25, 0.3) is 20.1 Å². The first-order valence-corrected chi connectivity index (χ1v) is 18.4. The van der Waals surface area contributed by atoms with Gasteiger partial charge in [0.15, 0.2) is 0 Å². The van der Waals surface area contributed by atoms with Crippen molar-refractivity contribution in [3.8, 4) is 5.75 Å². The van der Waals surface area contributed by atoms with Crippen molar-refractivity contribution in [1.29, 1.82) is 0 Å². The lowest BCUT2D eigenvalue weighted by Crippen LogP contribution is -2.59. The molecule has 3 aromatic rings. The van der Waals surface area contributed by atoms with Gasteiger partial charge in [-0.05, 0) is 58.1 Å². The van der Waals surface area contributed by atoms with Crippen LogP contribution in [-0.2, 0) is 9.22 Å². The maximum absolute atomic E-state index is 12.8. The lowest BCUT2D eigenvalue weighted by molar-refractivity contribution is -0.129. The summed E-state index contributed by atoms with van der Waals surface area (Å²) in [5.74, 6) is 1.21. The fourth-order valence-electron chi connectivity index (χ4n) is 5.44. The largest absolute Gasteiger partial charge is 0.493 e. The molecular formula is C37H44N2O4SSi. The molecule has 0 bridgehead atoms. The van der Waals surface area contributed by atoms with Crippen molar-refractivity contribution in [3.63, 3.8) is 0 Å². The Bertz CT molecular complexity index is 1480. The van der Waals surface area contributed by atoms with Crippen molar-refractivity contribution < 1.29 is 18.8 Å². The number of hydrogen-bond donors (Lipinski definition) is 1. The topological polar surface area (TPSA) is 67.9 Å². The van der Waals surface area contributed by atoms with Crippen LogP contribution in [0.1, 0.15) is 49.5 Å². The Labute approximate surface area is 273 Å². The normalized spacial score (nSPS) is 14.4. The number of nitrogens with one attached hydrogen (secondary N) is 1. The van der Waals surface area contributed by atoms with E-state index < -0.39 is 8.32 Å². The predicted octanol–water partition coefficient (Wildman–Crippen LogP) is 7.10. The third-order valence-electron chi connectivity index (χ3n) is 7.69. The van der Waals surface area contributed by atoms with E-state index in [1.165, 1.54) is 27.2 Å². The molecule has 0 saturated heterocycles. The number of carbonyl (C=O) groups excluding carboxylic acids is 2. The Morgan fingerprint density at radius 3 is 2.31 bits per heavy atom. The van der Waals surface area contributed by atoms with E-state index in [0.717, 1.165) is 24.2 Å². The number of ether oxygens (including phenoxy) is 1. The van der Waals surface area contributed by atoms with Gasteiger partial charge in [-0.25, -0.2) is 0 Å². The number of nitrogens with zero attached hydrogens (tertiary/aromatic N) is 1. The maximum Gasteiger partial charge on any atom is 0.269 e. The SMILES string of the molecule is CN(NC(=O)c1ccc(/C=C/CO[Si](C2=CC=CCC2)(c2ccccc2)C(C)(C)C)cc1)C(=O)CSCCOc1ccccc1. The molecule has 2 amide bonds. The Hall–Kier alpha value is -3.85. The van der Waals surface area contributed by atoms with Gasteiger partial charge in [0.2, 0.25) is 0 Å². The number of para-hydroxylation sites is 1. The highest BCUT2D eigenvalue weighted by molar-refractivity contribution is 7.99. The van der Waals surface area contributed by atoms with E-state index in [2.05, 4.69) is 80.8 Å². The molecule has 1 atom stereocenters. The minimum Gasteiger partial charge on any atom is -0.493 e. The number of hydrazine groups is 1. The minimum absolute atomic E-state index is 0.0434. The monoisotopic (exact) mass is 640 g/mol. The molecule has 4 rings (SSSR count). The molecule has 8 heteroatoms. The van der Waals surface area contributed by atoms with Crippen LogP contribution in [0.3, 0.4) is 0 Å². The Morgan fingerprint density at radius 1 is 0.978 bits per heavy atom. The molecule has 6 nitrogen and oxygen atoms in total. The van der Waals surface area contributed by atoms with Gasteiger partial charge in [-0.15, -0.1) is 11.8 Å². The zero-order valence-corrected chi connectivity index (χ0v) is 28.5. The Kier molecular flexibility index (Phi) is 12.4. The predicted molar refractivity (Wildman–Crippen MR) is 189 cm³/mol. The van der Waals surface area contributed by atoms with Crippen molar-refractivity contribution in [2.24, 2.45) is 0 Å². The fraction of sp³-hybridized carbons (Fsp3) is 0.297. The molecule has 1 N–H and O–H groups in total. The van der Waals surface area contributed by atoms with E-state index >= 15 is 0 Å². The van der Waals surface area contributed by atoms with Crippen molar-refractivity contribution in [2.45, 2.75) is 38.7 Å². The lowest BCUT2D eigenvalue weighted by Gasteiger charge is -2.44. The number of amides is 2. The molecule has 3 aromatic carbocycles. The summed E-state index contributed by atoms with van der Waals surface area (Å²) in [5.41, 5.74) is 4.12. The zero-order valence-electron chi connectivity index (χ0n) is 26.7. The van der Waals surface area contributed by atoms with Gasteiger partial charge in [-0.2, -0.15) is 0 Å². The summed E-state index contributed by atoms with van der Waals surface area (Å²) in [4.78, 5) is 25.3. The minimum atomic E-state index is -2.52. The first-order chi connectivity index (χ1) is 21.7. The first kappa shape index (κ1) is 34.0. The van der Waals surface area contributed by atoms with Gasteiger partial charge in [0, 0.05) is 18.4 Å². The molecule has 0 radical (unpaired) electrons. The maximum atomic E-state index is 12.8. The highest BCUT2D eigenvalue weighted by Crippen LogP contribution is 2.43. The van der Waals surface area contributed by atoms with Gasteiger partial charge in [0.05, 0.1) is 19.0 Å². The van der Waals surface area contributed by atoms with E-state index in [-0.39, 0.29) is 22.6 Å². The summed E-state index contributed by atoms with van der Waals surface area (Å²) < 4.78 is 12.6. The average molecular weight is 641 g/mol. The van der Waals surface area contributed by atoms with E-state index in [9.17, 15) is 9.59 Å². The molecule has 0 aromatic heterocycles. The van der Waals surface area contributed by atoms with Crippen molar-refractivity contribution in [1.82, 2.24) is 10.4 Å². The van der Waals surface area contributed by atoms with Gasteiger partial charge >= 0.3 is 0 Å². The lowest BCUT2D eigenvalue weighted by atomic mass is 10.1. The summed E-state index contributed by atoms with van der Waals surface area (Å²) in [6.45, 7) is 7.89. The van der Waals surface area contributed by atoms with E-state index in [1.54, 1.807) is 19.2 Å². The summed E-state index contributed by atoms with van der Waals surface area (Å²) in [6.07, 6.45) is 12.8. The van der Waals surface area contributed by atoms with E-state index in [4.69, 9.17) is 9.16 Å². The molecule has 0 saturated carbocycles. The van der Waals surface area contributed by atoms with Crippen LogP contribution in [0.4, 0.5) is 0 Å². The van der Waals surface area contributed by atoms with Crippen LogP contribution < -0.4 is 15.3 Å². The molecule has 0 fully saturated rings. The molecule has 1 aliphatic rings. The zero-order chi connectivity index (χ0) is 32.1. The standard InChI is InChI=1S/C37H44N2O4SSi/c1-37(2,3)45(33-18-10-6-11-19-33,34-20-12-7-13-21-34)43-26-14-15-30-22-24-31(25-23-30)36(41)38-39(4)35(40)29-44-28-27-42-32-16-8-5-9-17-32/h5-12,14-20,22-25H,13,21,26-29H2,1-4H3,(H,38,41)/b15-14+. The molecule has 0 aliphatic heterocycles. The number of allylic oxidation sites excluding steroid dienone is 4. The third-order valence-corrected chi connectivity index (χ3v) is 13.8.